The number of carboxylic acids is 1. The molecule has 1 N–H and O–H groups in total. The first kappa shape index (κ1) is 17.5. The number of rotatable bonds is 5. The zero-order valence-corrected chi connectivity index (χ0v) is 13.5. The van der Waals surface area contributed by atoms with Gasteiger partial charge in [-0.1, -0.05) is 12.0 Å². The van der Waals surface area contributed by atoms with Crippen molar-refractivity contribution in [1.82, 2.24) is 0 Å². The van der Waals surface area contributed by atoms with Crippen LogP contribution in [0.5, 0.6) is 0 Å². The molecule has 0 aliphatic heterocycles. The van der Waals surface area contributed by atoms with Gasteiger partial charge in [-0.15, -0.1) is 6.42 Å². The number of terminal acetylenes is 1. The van der Waals surface area contributed by atoms with Crippen LogP contribution in [0.4, 0.5) is 10.1 Å². The average Bonchev–Trinajstić information content (AvgIpc) is 2.55. The summed E-state index contributed by atoms with van der Waals surface area (Å²) < 4.78 is 40.2. The molecule has 124 valence electrons. The molecule has 0 saturated carbocycles. The van der Waals surface area contributed by atoms with E-state index in [1.165, 1.54) is 6.07 Å². The van der Waals surface area contributed by atoms with Gasteiger partial charge in [-0.25, -0.2) is 17.6 Å². The summed E-state index contributed by atoms with van der Waals surface area (Å²) in [5, 5.41) is 8.97. The molecule has 0 bridgehead atoms. The number of aromatic carboxylic acids is 1. The molecule has 2 aromatic carbocycles. The molecule has 0 radical (unpaired) electrons. The van der Waals surface area contributed by atoms with Crippen LogP contribution in [0.2, 0.25) is 0 Å². The molecule has 0 saturated heterocycles. The molecule has 5 nitrogen and oxygen atoms in total. The lowest BCUT2D eigenvalue weighted by atomic mass is 10.2. The second kappa shape index (κ2) is 6.72. The fourth-order valence-electron chi connectivity index (χ4n) is 2.20. The van der Waals surface area contributed by atoms with Crippen molar-refractivity contribution in [2.75, 3.05) is 10.8 Å². The van der Waals surface area contributed by atoms with E-state index in [0.29, 0.717) is 11.3 Å². The number of carboxylic acid groups (broad SMARTS) is 1. The van der Waals surface area contributed by atoms with Crippen LogP contribution in [0.25, 0.3) is 0 Å². The van der Waals surface area contributed by atoms with Crippen molar-refractivity contribution < 1.29 is 22.7 Å². The maximum atomic E-state index is 13.5. The summed E-state index contributed by atoms with van der Waals surface area (Å²) in [5.74, 6) is -0.121. The topological polar surface area (TPSA) is 74.7 Å². The van der Waals surface area contributed by atoms with Crippen molar-refractivity contribution in [2.45, 2.75) is 11.8 Å². The minimum absolute atomic E-state index is 0.0934. The predicted molar refractivity (Wildman–Crippen MR) is 87.9 cm³/mol. The third kappa shape index (κ3) is 3.24. The second-order valence-corrected chi connectivity index (χ2v) is 6.67. The zero-order valence-electron chi connectivity index (χ0n) is 12.7. The lowest BCUT2D eigenvalue weighted by molar-refractivity contribution is 0.0691. The Bertz CT molecular complexity index is 932. The molecule has 0 spiro atoms. The van der Waals surface area contributed by atoms with E-state index in [1.54, 1.807) is 25.1 Å². The maximum absolute atomic E-state index is 13.5. The van der Waals surface area contributed by atoms with Crippen LogP contribution < -0.4 is 4.31 Å². The molecule has 0 fully saturated rings. The predicted octanol–water partition coefficient (Wildman–Crippen LogP) is 2.72. The van der Waals surface area contributed by atoms with Crippen LogP contribution in [0.1, 0.15) is 22.8 Å². The summed E-state index contributed by atoms with van der Waals surface area (Å²) in [6.07, 6.45) is 5.33. The van der Waals surface area contributed by atoms with Crippen LogP contribution in [-0.4, -0.2) is 26.0 Å². The van der Waals surface area contributed by atoms with E-state index in [-0.39, 0.29) is 11.4 Å². The van der Waals surface area contributed by atoms with Gasteiger partial charge in [0, 0.05) is 12.1 Å². The van der Waals surface area contributed by atoms with E-state index in [1.807, 2.05) is 0 Å². The number of benzene rings is 2. The Morgan fingerprint density at radius 1 is 1.29 bits per heavy atom. The number of hydrogen-bond donors (Lipinski definition) is 1. The van der Waals surface area contributed by atoms with Gasteiger partial charge in [-0.2, -0.15) is 0 Å². The van der Waals surface area contributed by atoms with Gasteiger partial charge in [0.15, 0.2) is 0 Å². The highest BCUT2D eigenvalue weighted by Gasteiger charge is 2.25. The monoisotopic (exact) mass is 347 g/mol. The molecule has 7 heteroatoms. The van der Waals surface area contributed by atoms with Gasteiger partial charge in [0.2, 0.25) is 0 Å². The molecule has 0 aliphatic carbocycles. The number of anilines is 1. The third-order valence-electron chi connectivity index (χ3n) is 3.34. The molecule has 2 rings (SSSR count). The van der Waals surface area contributed by atoms with Gasteiger partial charge in [0.25, 0.3) is 10.0 Å². The number of halogens is 1. The van der Waals surface area contributed by atoms with Crippen molar-refractivity contribution in [1.29, 1.82) is 0 Å². The van der Waals surface area contributed by atoms with Crippen LogP contribution in [-0.2, 0) is 10.0 Å². The highest BCUT2D eigenvalue weighted by molar-refractivity contribution is 7.92. The minimum atomic E-state index is -4.07. The molecular weight excluding hydrogens is 333 g/mol. The molecule has 0 heterocycles. The SMILES string of the molecule is C#Cc1cccc(N(CC)S(=O)(=O)c2ccc(F)c(C(=O)O)c2)c1. The lowest BCUT2D eigenvalue weighted by Gasteiger charge is -2.23. The lowest BCUT2D eigenvalue weighted by Crippen LogP contribution is -2.31. The molecule has 24 heavy (non-hydrogen) atoms. The van der Waals surface area contributed by atoms with Gasteiger partial charge in [0.1, 0.15) is 5.82 Å². The number of hydrogen-bond acceptors (Lipinski definition) is 3. The van der Waals surface area contributed by atoms with E-state index in [4.69, 9.17) is 11.5 Å². The summed E-state index contributed by atoms with van der Waals surface area (Å²) in [6, 6.07) is 9.04. The van der Waals surface area contributed by atoms with Crippen molar-refractivity contribution in [3.05, 3.63) is 59.4 Å². The fourth-order valence-corrected chi connectivity index (χ4v) is 3.69. The first-order chi connectivity index (χ1) is 11.3. The summed E-state index contributed by atoms with van der Waals surface area (Å²) in [5.41, 5.74) is 0.144. The van der Waals surface area contributed by atoms with E-state index in [9.17, 15) is 17.6 Å². The molecule has 0 unspecified atom stereocenters. The van der Waals surface area contributed by atoms with E-state index in [2.05, 4.69) is 5.92 Å². The van der Waals surface area contributed by atoms with Gasteiger partial charge < -0.3 is 5.11 Å². The number of sulfonamides is 1. The van der Waals surface area contributed by atoms with E-state index >= 15 is 0 Å². The first-order valence-electron chi connectivity index (χ1n) is 6.93. The minimum Gasteiger partial charge on any atom is -0.478 e. The van der Waals surface area contributed by atoms with Gasteiger partial charge in [-0.3, -0.25) is 4.31 Å². The fraction of sp³-hybridized carbons (Fsp3) is 0.118. The van der Waals surface area contributed by atoms with Gasteiger partial charge in [-0.05, 0) is 43.3 Å². The standard InChI is InChI=1S/C17H14FNO4S/c1-3-12-6-5-7-13(10-12)19(4-2)24(22,23)14-8-9-16(18)15(11-14)17(20)21/h1,5-11H,4H2,2H3,(H,20,21). The Balaban J connectivity index is 2.57. The zero-order chi connectivity index (χ0) is 17.9. The van der Waals surface area contributed by atoms with E-state index in [0.717, 1.165) is 22.5 Å². The molecule has 0 atom stereocenters. The molecular formula is C17H14FNO4S. The number of nitrogens with zero attached hydrogens (tertiary/aromatic N) is 1. The summed E-state index contributed by atoms with van der Waals surface area (Å²) in [4.78, 5) is 10.7. The molecule has 0 aromatic heterocycles. The van der Waals surface area contributed by atoms with Crippen LogP contribution in [0, 0.1) is 18.2 Å². The molecule has 2 aromatic rings. The van der Waals surface area contributed by atoms with Crippen molar-refractivity contribution in [3.63, 3.8) is 0 Å². The van der Waals surface area contributed by atoms with Gasteiger partial charge in [0.05, 0.1) is 16.1 Å². The Kier molecular flexibility index (Phi) is 4.90. The van der Waals surface area contributed by atoms with Crippen molar-refractivity contribution in [3.8, 4) is 12.3 Å². The quantitative estimate of drug-likeness (QED) is 0.844. The Morgan fingerprint density at radius 3 is 2.58 bits per heavy atom. The number of carbonyl (C=O) groups is 1. The highest BCUT2D eigenvalue weighted by Crippen LogP contribution is 2.25. The first-order valence-corrected chi connectivity index (χ1v) is 8.37. The van der Waals surface area contributed by atoms with Crippen LogP contribution in [0.3, 0.4) is 0 Å². The van der Waals surface area contributed by atoms with Crippen LogP contribution in [0.15, 0.2) is 47.4 Å². The third-order valence-corrected chi connectivity index (χ3v) is 5.24. The summed E-state index contributed by atoms with van der Waals surface area (Å²) in [7, 11) is -4.07. The van der Waals surface area contributed by atoms with Crippen molar-refractivity contribution >= 4 is 21.7 Å². The smallest absolute Gasteiger partial charge is 0.338 e. The van der Waals surface area contributed by atoms with Crippen molar-refractivity contribution in [2.24, 2.45) is 0 Å². The highest BCUT2D eigenvalue weighted by atomic mass is 32.2. The second-order valence-electron chi connectivity index (χ2n) is 4.81. The summed E-state index contributed by atoms with van der Waals surface area (Å²) in [6.45, 7) is 1.72. The Morgan fingerprint density at radius 2 is 2.00 bits per heavy atom. The summed E-state index contributed by atoms with van der Waals surface area (Å²) >= 11 is 0. The average molecular weight is 347 g/mol. The van der Waals surface area contributed by atoms with E-state index < -0.39 is 27.4 Å². The molecule has 0 aliphatic rings. The Hall–Kier alpha value is -2.85. The normalized spacial score (nSPS) is 10.9. The maximum Gasteiger partial charge on any atom is 0.338 e. The molecule has 0 amide bonds. The van der Waals surface area contributed by atoms with Gasteiger partial charge >= 0.3 is 5.97 Å². The largest absolute Gasteiger partial charge is 0.478 e. The Labute approximate surface area is 139 Å². The van der Waals surface area contributed by atoms with Crippen LogP contribution >= 0.6 is 0 Å².